The van der Waals surface area contributed by atoms with Crippen molar-refractivity contribution in [3.63, 3.8) is 0 Å². The van der Waals surface area contributed by atoms with Gasteiger partial charge in [0.1, 0.15) is 0 Å². The molecule has 0 unspecified atom stereocenters. The van der Waals surface area contributed by atoms with E-state index in [-0.39, 0.29) is 32.7 Å². The molecule has 0 spiro atoms. The van der Waals surface area contributed by atoms with Crippen LogP contribution in [-0.4, -0.2) is 0 Å². The molecule has 1 aromatic rings. The predicted molar refractivity (Wildman–Crippen MR) is 30.2 cm³/mol. The molecule has 45 valence electrons. The summed E-state index contributed by atoms with van der Waals surface area (Å²) < 4.78 is 12.0. The van der Waals surface area contributed by atoms with Gasteiger partial charge in [0.15, 0.2) is 0 Å². The first kappa shape index (κ1) is 9.54. The Morgan fingerprint density at radius 2 is 2.11 bits per heavy atom. The Kier molecular flexibility index (Phi) is 4.64. The van der Waals surface area contributed by atoms with Gasteiger partial charge in [-0.25, -0.2) is 4.39 Å². The minimum atomic E-state index is -0.419. The summed E-state index contributed by atoms with van der Waals surface area (Å²) in [5.74, 6) is -0.419. The third-order valence-corrected chi connectivity index (χ3v) is 0.944. The van der Waals surface area contributed by atoms with Crippen LogP contribution in [0.1, 0.15) is 0 Å². The maximum atomic E-state index is 12.0. The van der Waals surface area contributed by atoms with Crippen molar-refractivity contribution < 1.29 is 37.1 Å². The Labute approximate surface area is 83.3 Å². The normalized spacial score (nSPS) is 8.22. The maximum absolute atomic E-state index is 12.0. The zero-order valence-corrected chi connectivity index (χ0v) is 8.16. The number of hydrogen-bond acceptors (Lipinski definition) is 0. The molecular formula is C6H3ClFY-. The smallest absolute Gasteiger partial charge is 0.0123 e. The van der Waals surface area contributed by atoms with E-state index in [0.29, 0.717) is 5.02 Å². The Morgan fingerprint density at radius 3 is 2.44 bits per heavy atom. The molecule has 1 radical (unpaired) electrons. The van der Waals surface area contributed by atoms with Crippen LogP contribution < -0.4 is 0 Å². The Bertz CT molecular complexity index is 173. The second-order valence-electron chi connectivity index (χ2n) is 1.35. The van der Waals surface area contributed by atoms with Crippen molar-refractivity contribution in [2.24, 2.45) is 0 Å². The fourth-order valence-electron chi connectivity index (χ4n) is 0.414. The molecule has 0 aliphatic carbocycles. The summed E-state index contributed by atoms with van der Waals surface area (Å²) in [6, 6.07) is 6.68. The molecule has 0 aromatic heterocycles. The fraction of sp³-hybridized carbons (Fsp3) is 0. The quantitative estimate of drug-likeness (QED) is 0.586. The number of benzene rings is 1. The molecule has 1 aromatic carbocycles. The Hall–Kier alpha value is 0.544. The van der Waals surface area contributed by atoms with Crippen LogP contribution in [0.5, 0.6) is 0 Å². The standard InChI is InChI=1S/C6H3ClF.Y/c7-5-2-1-3-6(8)4-5;/h1-3H;/q-1;. The second kappa shape index (κ2) is 4.37. The average Bonchev–Trinajstić information content (AvgIpc) is 1.64. The minimum Gasteiger partial charge on any atom is -0.236 e. The van der Waals surface area contributed by atoms with Crippen LogP contribution in [0.2, 0.25) is 5.02 Å². The summed E-state index contributed by atoms with van der Waals surface area (Å²) in [7, 11) is 0. The molecule has 0 aliphatic heterocycles. The van der Waals surface area contributed by atoms with E-state index in [1.807, 2.05) is 0 Å². The molecule has 0 amide bonds. The molecule has 0 fully saturated rings. The van der Waals surface area contributed by atoms with Gasteiger partial charge < -0.3 is 0 Å². The van der Waals surface area contributed by atoms with Gasteiger partial charge in [0.05, 0.1) is 0 Å². The van der Waals surface area contributed by atoms with Crippen molar-refractivity contribution in [3.8, 4) is 0 Å². The summed E-state index contributed by atoms with van der Waals surface area (Å²) in [6.07, 6.45) is 0. The zero-order valence-electron chi connectivity index (χ0n) is 4.57. The van der Waals surface area contributed by atoms with E-state index < -0.39 is 5.82 Å². The van der Waals surface area contributed by atoms with E-state index in [1.54, 1.807) is 6.07 Å². The maximum Gasteiger partial charge on any atom is 0.0123 e. The van der Waals surface area contributed by atoms with Crippen molar-refractivity contribution in [1.82, 2.24) is 0 Å². The van der Waals surface area contributed by atoms with Gasteiger partial charge >= 0.3 is 0 Å². The minimum absolute atomic E-state index is 0. The van der Waals surface area contributed by atoms with Crippen molar-refractivity contribution in [2.75, 3.05) is 0 Å². The molecule has 0 nitrogen and oxygen atoms in total. The summed E-state index contributed by atoms with van der Waals surface area (Å²) in [5.41, 5.74) is 0. The van der Waals surface area contributed by atoms with E-state index in [0.717, 1.165) is 0 Å². The molecule has 0 atom stereocenters. The summed E-state index contributed by atoms with van der Waals surface area (Å²) in [6.45, 7) is 0. The first-order valence-electron chi connectivity index (χ1n) is 2.12. The van der Waals surface area contributed by atoms with Crippen LogP contribution in [-0.2, 0) is 32.7 Å². The first-order valence-corrected chi connectivity index (χ1v) is 2.50. The van der Waals surface area contributed by atoms with Crippen LogP contribution >= 0.6 is 11.6 Å². The monoisotopic (exact) mass is 218 g/mol. The number of rotatable bonds is 0. The number of halogens is 2. The van der Waals surface area contributed by atoms with Crippen molar-refractivity contribution in [3.05, 3.63) is 35.1 Å². The molecule has 1 rings (SSSR count). The fourth-order valence-corrected chi connectivity index (χ4v) is 0.577. The molecule has 0 heterocycles. The van der Waals surface area contributed by atoms with Gasteiger partial charge in [0.2, 0.25) is 0 Å². The third-order valence-electron chi connectivity index (χ3n) is 0.724. The molecule has 0 bridgehead atoms. The van der Waals surface area contributed by atoms with E-state index >= 15 is 0 Å². The van der Waals surface area contributed by atoms with Gasteiger partial charge in [0.25, 0.3) is 0 Å². The topological polar surface area (TPSA) is 0 Å². The van der Waals surface area contributed by atoms with Crippen molar-refractivity contribution in [1.29, 1.82) is 0 Å². The molecular weight excluding hydrogens is 215 g/mol. The zero-order chi connectivity index (χ0) is 5.98. The van der Waals surface area contributed by atoms with E-state index in [1.165, 1.54) is 12.1 Å². The van der Waals surface area contributed by atoms with Gasteiger partial charge in [-0.2, -0.15) is 12.1 Å². The van der Waals surface area contributed by atoms with Crippen LogP contribution in [0.4, 0.5) is 4.39 Å². The summed E-state index contributed by atoms with van der Waals surface area (Å²) >= 11 is 5.35. The predicted octanol–water partition coefficient (Wildman–Crippen LogP) is 2.28. The van der Waals surface area contributed by atoms with Gasteiger partial charge in [-0.05, 0) is 0 Å². The molecule has 9 heavy (non-hydrogen) atoms. The van der Waals surface area contributed by atoms with Crippen molar-refractivity contribution >= 4 is 11.6 Å². The molecule has 0 saturated heterocycles. The van der Waals surface area contributed by atoms with E-state index in [2.05, 4.69) is 6.07 Å². The molecule has 0 aliphatic rings. The van der Waals surface area contributed by atoms with E-state index in [4.69, 9.17) is 11.6 Å². The Morgan fingerprint density at radius 1 is 1.44 bits per heavy atom. The van der Waals surface area contributed by atoms with Crippen LogP contribution in [0.15, 0.2) is 18.2 Å². The molecule has 3 heteroatoms. The van der Waals surface area contributed by atoms with E-state index in [9.17, 15) is 4.39 Å². The Balaban J connectivity index is 0.000000640. The van der Waals surface area contributed by atoms with Crippen LogP contribution in [0, 0.1) is 11.9 Å². The van der Waals surface area contributed by atoms with Gasteiger partial charge in [-0.3, -0.25) is 0 Å². The van der Waals surface area contributed by atoms with Gasteiger partial charge in [0, 0.05) is 38.5 Å². The average molecular weight is 218 g/mol. The van der Waals surface area contributed by atoms with Gasteiger partial charge in [-0.1, -0.05) is 5.02 Å². The largest absolute Gasteiger partial charge is 0.236 e. The van der Waals surface area contributed by atoms with Crippen LogP contribution in [0.25, 0.3) is 0 Å². The summed E-state index contributed by atoms with van der Waals surface area (Å²) in [5, 5.41) is 0.310. The SMILES string of the molecule is Fc1[c-]c(Cl)ccc1.[Y]. The first-order chi connectivity index (χ1) is 3.79. The summed E-state index contributed by atoms with van der Waals surface area (Å²) in [4.78, 5) is 0. The third kappa shape index (κ3) is 3.29. The molecule has 0 saturated carbocycles. The number of hydrogen-bond donors (Lipinski definition) is 0. The van der Waals surface area contributed by atoms with Crippen LogP contribution in [0.3, 0.4) is 0 Å². The molecule has 0 N–H and O–H groups in total. The van der Waals surface area contributed by atoms with Crippen molar-refractivity contribution in [2.45, 2.75) is 0 Å². The second-order valence-corrected chi connectivity index (χ2v) is 1.75. The van der Waals surface area contributed by atoms with Gasteiger partial charge in [-0.15, -0.1) is 23.7 Å².